The Bertz CT molecular complexity index is 823. The van der Waals surface area contributed by atoms with Gasteiger partial charge >= 0.3 is 5.97 Å². The maximum Gasteiger partial charge on any atom is 0.305 e. The lowest BCUT2D eigenvalue weighted by atomic mass is 10.0. The van der Waals surface area contributed by atoms with Crippen molar-refractivity contribution in [1.82, 2.24) is 9.80 Å². The number of hydrogen-bond acceptors (Lipinski definition) is 3. The molecule has 2 aromatic carbocycles. The highest BCUT2D eigenvalue weighted by Crippen LogP contribution is 2.22. The molecule has 0 aromatic heterocycles. The van der Waals surface area contributed by atoms with Crippen LogP contribution in [0.3, 0.4) is 0 Å². The summed E-state index contributed by atoms with van der Waals surface area (Å²) in [7, 11) is 0. The van der Waals surface area contributed by atoms with Crippen LogP contribution in [0.15, 0.2) is 60.7 Å². The van der Waals surface area contributed by atoms with Crippen LogP contribution in [0.1, 0.15) is 34.1 Å². The Balaban J connectivity index is 1.84. The van der Waals surface area contributed by atoms with E-state index in [-0.39, 0.29) is 30.8 Å². The number of carbonyl (C=O) groups excluding carboxylic acids is 2. The molecule has 2 aromatic rings. The minimum Gasteiger partial charge on any atom is -0.481 e. The molecule has 1 aliphatic rings. The molecule has 1 fully saturated rings. The van der Waals surface area contributed by atoms with Gasteiger partial charge in [0.05, 0.1) is 12.5 Å². The van der Waals surface area contributed by atoms with Crippen LogP contribution in [0.25, 0.3) is 0 Å². The lowest BCUT2D eigenvalue weighted by Crippen LogP contribution is -2.60. The SMILES string of the molecule is C[C@H]1CN(C(=O)c2ccccc2)[C@@H](CC(=O)O)CN1C(=O)c1ccccc1. The highest BCUT2D eigenvalue weighted by atomic mass is 16.4. The van der Waals surface area contributed by atoms with Crippen LogP contribution in [-0.2, 0) is 4.79 Å². The van der Waals surface area contributed by atoms with Gasteiger partial charge in [0.2, 0.25) is 0 Å². The minimum absolute atomic E-state index is 0.148. The van der Waals surface area contributed by atoms with Crippen molar-refractivity contribution in [3.05, 3.63) is 71.8 Å². The maximum absolute atomic E-state index is 12.9. The average Bonchev–Trinajstić information content (AvgIpc) is 2.69. The van der Waals surface area contributed by atoms with Crippen molar-refractivity contribution in [1.29, 1.82) is 0 Å². The lowest BCUT2D eigenvalue weighted by molar-refractivity contribution is -0.138. The number of amides is 2. The van der Waals surface area contributed by atoms with E-state index in [2.05, 4.69) is 0 Å². The van der Waals surface area contributed by atoms with Gasteiger partial charge in [0.1, 0.15) is 0 Å². The van der Waals surface area contributed by atoms with E-state index in [9.17, 15) is 19.5 Å². The normalized spacial score (nSPS) is 19.6. The molecular formula is C21H22N2O4. The van der Waals surface area contributed by atoms with Gasteiger partial charge in [-0.05, 0) is 31.2 Å². The molecule has 1 heterocycles. The van der Waals surface area contributed by atoms with E-state index in [1.54, 1.807) is 58.3 Å². The molecule has 0 aliphatic carbocycles. The number of carboxylic acids is 1. The molecule has 6 heteroatoms. The average molecular weight is 366 g/mol. The number of carbonyl (C=O) groups is 3. The molecule has 2 amide bonds. The third-order valence-electron chi connectivity index (χ3n) is 4.81. The zero-order chi connectivity index (χ0) is 19.4. The fraction of sp³-hybridized carbons (Fsp3) is 0.286. The topological polar surface area (TPSA) is 77.9 Å². The largest absolute Gasteiger partial charge is 0.481 e. The Kier molecular flexibility index (Phi) is 5.54. The summed E-state index contributed by atoms with van der Waals surface area (Å²) in [5, 5.41) is 9.30. The number of benzene rings is 2. The van der Waals surface area contributed by atoms with Gasteiger partial charge in [-0.15, -0.1) is 0 Å². The standard InChI is InChI=1S/C21H22N2O4/c1-15-13-23(21(27)17-10-6-3-7-11-17)18(12-19(24)25)14-22(15)20(26)16-8-4-2-5-9-16/h2-11,15,18H,12-14H2,1H3,(H,24,25)/t15-,18-/m0/s1. The fourth-order valence-corrected chi connectivity index (χ4v) is 3.44. The van der Waals surface area contributed by atoms with Gasteiger partial charge in [0.25, 0.3) is 11.8 Å². The van der Waals surface area contributed by atoms with Crippen molar-refractivity contribution in [2.24, 2.45) is 0 Å². The number of piperazine rings is 1. The predicted molar refractivity (Wildman–Crippen MR) is 100 cm³/mol. The van der Waals surface area contributed by atoms with Gasteiger partial charge in [-0.3, -0.25) is 14.4 Å². The Morgan fingerprint density at radius 2 is 1.33 bits per heavy atom. The quantitative estimate of drug-likeness (QED) is 0.902. The molecule has 6 nitrogen and oxygen atoms in total. The van der Waals surface area contributed by atoms with Crippen LogP contribution in [0.2, 0.25) is 0 Å². The van der Waals surface area contributed by atoms with Crippen molar-refractivity contribution in [2.45, 2.75) is 25.4 Å². The first-order valence-electron chi connectivity index (χ1n) is 8.91. The molecule has 140 valence electrons. The molecule has 2 atom stereocenters. The third kappa shape index (κ3) is 4.16. The molecule has 0 spiro atoms. The summed E-state index contributed by atoms with van der Waals surface area (Å²) in [5.74, 6) is -1.35. The first kappa shape index (κ1) is 18.6. The predicted octanol–water partition coefficient (Wildman–Crippen LogP) is 2.52. The summed E-state index contributed by atoms with van der Waals surface area (Å²) >= 11 is 0. The van der Waals surface area contributed by atoms with Gasteiger partial charge in [-0.25, -0.2) is 0 Å². The molecule has 1 N–H and O–H groups in total. The highest BCUT2D eigenvalue weighted by molar-refractivity contribution is 5.96. The second-order valence-electron chi connectivity index (χ2n) is 6.75. The molecule has 0 bridgehead atoms. The van der Waals surface area contributed by atoms with Crippen molar-refractivity contribution < 1.29 is 19.5 Å². The van der Waals surface area contributed by atoms with Crippen LogP contribution in [0, 0.1) is 0 Å². The van der Waals surface area contributed by atoms with Gasteiger partial charge in [-0.2, -0.15) is 0 Å². The van der Waals surface area contributed by atoms with Crippen LogP contribution < -0.4 is 0 Å². The Morgan fingerprint density at radius 1 is 0.852 bits per heavy atom. The summed E-state index contributed by atoms with van der Waals surface area (Å²) in [6, 6.07) is 16.9. The second-order valence-corrected chi connectivity index (χ2v) is 6.75. The minimum atomic E-state index is -0.993. The first-order chi connectivity index (χ1) is 13.0. The van der Waals surface area contributed by atoms with Crippen LogP contribution in [0.5, 0.6) is 0 Å². The molecular weight excluding hydrogens is 344 g/mol. The van der Waals surface area contributed by atoms with E-state index in [1.807, 2.05) is 19.1 Å². The van der Waals surface area contributed by atoms with E-state index >= 15 is 0 Å². The third-order valence-corrected chi connectivity index (χ3v) is 4.81. The number of hydrogen-bond donors (Lipinski definition) is 1. The second kappa shape index (κ2) is 8.03. The number of carboxylic acid groups (broad SMARTS) is 1. The zero-order valence-corrected chi connectivity index (χ0v) is 15.1. The van der Waals surface area contributed by atoms with Crippen molar-refractivity contribution >= 4 is 17.8 Å². The summed E-state index contributed by atoms with van der Waals surface area (Å²) < 4.78 is 0. The highest BCUT2D eigenvalue weighted by Gasteiger charge is 2.38. The zero-order valence-electron chi connectivity index (χ0n) is 15.1. The molecule has 1 aliphatic heterocycles. The van der Waals surface area contributed by atoms with E-state index in [4.69, 9.17) is 0 Å². The van der Waals surface area contributed by atoms with E-state index < -0.39 is 12.0 Å². The Hall–Kier alpha value is -3.15. The molecule has 27 heavy (non-hydrogen) atoms. The Morgan fingerprint density at radius 3 is 1.81 bits per heavy atom. The van der Waals surface area contributed by atoms with Crippen molar-refractivity contribution in [2.75, 3.05) is 13.1 Å². The summed E-state index contributed by atoms with van der Waals surface area (Å²) in [6.45, 7) is 2.37. The lowest BCUT2D eigenvalue weighted by Gasteiger charge is -2.45. The van der Waals surface area contributed by atoms with E-state index in [0.29, 0.717) is 17.7 Å². The van der Waals surface area contributed by atoms with Crippen molar-refractivity contribution in [3.63, 3.8) is 0 Å². The van der Waals surface area contributed by atoms with Gasteiger partial charge in [0, 0.05) is 30.3 Å². The summed E-state index contributed by atoms with van der Waals surface area (Å²) in [4.78, 5) is 40.4. The van der Waals surface area contributed by atoms with Crippen molar-refractivity contribution in [3.8, 4) is 0 Å². The summed E-state index contributed by atoms with van der Waals surface area (Å²) in [5.41, 5.74) is 1.07. The molecule has 0 saturated carbocycles. The molecule has 0 radical (unpaired) electrons. The fourth-order valence-electron chi connectivity index (χ4n) is 3.44. The van der Waals surface area contributed by atoms with Crippen LogP contribution >= 0.6 is 0 Å². The molecule has 0 unspecified atom stereocenters. The molecule has 1 saturated heterocycles. The first-order valence-corrected chi connectivity index (χ1v) is 8.91. The van der Waals surface area contributed by atoms with Gasteiger partial charge in [-0.1, -0.05) is 36.4 Å². The van der Waals surface area contributed by atoms with Crippen LogP contribution in [-0.4, -0.2) is 57.9 Å². The number of nitrogens with zero attached hydrogens (tertiary/aromatic N) is 2. The van der Waals surface area contributed by atoms with Gasteiger partial charge in [0.15, 0.2) is 0 Å². The van der Waals surface area contributed by atoms with Gasteiger partial charge < -0.3 is 14.9 Å². The number of aliphatic carboxylic acids is 1. The van der Waals surface area contributed by atoms with E-state index in [1.165, 1.54) is 0 Å². The van der Waals surface area contributed by atoms with Crippen LogP contribution in [0.4, 0.5) is 0 Å². The van der Waals surface area contributed by atoms with E-state index in [0.717, 1.165) is 0 Å². The summed E-state index contributed by atoms with van der Waals surface area (Å²) in [6.07, 6.45) is -0.205. The smallest absolute Gasteiger partial charge is 0.305 e. The molecule has 3 rings (SSSR count). The monoisotopic (exact) mass is 366 g/mol. The number of rotatable bonds is 4. The maximum atomic E-state index is 12.9. The Labute approximate surface area is 158 Å².